The predicted molar refractivity (Wildman–Crippen MR) is 122 cm³/mol. The number of halogens is 1. The van der Waals surface area contributed by atoms with Gasteiger partial charge in [-0.05, 0) is 72.5 Å². The van der Waals surface area contributed by atoms with Crippen molar-refractivity contribution in [3.05, 3.63) is 63.6 Å². The number of carbonyl (C=O) groups excluding carboxylic acids is 1. The summed E-state index contributed by atoms with van der Waals surface area (Å²) < 4.78 is 12.4. The average molecular weight is 471 g/mol. The second-order valence-corrected chi connectivity index (χ2v) is 7.73. The number of carbonyl (C=O) groups is 1. The molecule has 0 saturated heterocycles. The first-order valence-electron chi connectivity index (χ1n) is 10.00. The zero-order valence-corrected chi connectivity index (χ0v) is 19.3. The summed E-state index contributed by atoms with van der Waals surface area (Å²) in [6.45, 7) is 8.28. The van der Waals surface area contributed by atoms with E-state index in [0.717, 1.165) is 12.0 Å². The van der Waals surface area contributed by atoms with Gasteiger partial charge in [0.05, 0.1) is 23.2 Å². The van der Waals surface area contributed by atoms with Gasteiger partial charge >= 0.3 is 0 Å². The van der Waals surface area contributed by atoms with Gasteiger partial charge in [-0.15, -0.1) is 0 Å². The van der Waals surface area contributed by atoms with E-state index in [4.69, 9.17) is 9.47 Å². The Morgan fingerprint density at radius 2 is 1.93 bits per heavy atom. The fourth-order valence-electron chi connectivity index (χ4n) is 2.75. The summed E-state index contributed by atoms with van der Waals surface area (Å²) in [6.07, 6.45) is 2.44. The van der Waals surface area contributed by atoms with Gasteiger partial charge in [0.15, 0.2) is 11.5 Å². The topological polar surface area (TPSA) is 71.3 Å². The van der Waals surface area contributed by atoms with Crippen molar-refractivity contribution in [3.63, 3.8) is 0 Å². The van der Waals surface area contributed by atoms with Gasteiger partial charge in [0.1, 0.15) is 11.6 Å². The highest BCUT2D eigenvalue weighted by atomic mass is 79.9. The van der Waals surface area contributed by atoms with Crippen LogP contribution in [0.3, 0.4) is 0 Å². The lowest BCUT2D eigenvalue weighted by atomic mass is 10.1. The standard InChI is InChI=1S/C24H27BrN2O3/c1-5-16(3)30-23-21(25)13-18(14-22(23)29-6-2)12-20(15-26)24(28)27-17(4)19-10-8-7-9-11-19/h7-14,16-17H,5-6H2,1-4H3,(H,27,28)/b20-12-/t16-,17-/m1/s1. The molecule has 5 nitrogen and oxygen atoms in total. The summed E-state index contributed by atoms with van der Waals surface area (Å²) in [5.74, 6) is 0.751. The molecule has 0 aliphatic heterocycles. The summed E-state index contributed by atoms with van der Waals surface area (Å²) in [5.41, 5.74) is 1.65. The van der Waals surface area contributed by atoms with E-state index in [9.17, 15) is 10.1 Å². The number of rotatable bonds is 9. The van der Waals surface area contributed by atoms with Crippen LogP contribution in [0.2, 0.25) is 0 Å². The molecule has 0 aliphatic rings. The Balaban J connectivity index is 2.29. The van der Waals surface area contributed by atoms with E-state index in [-0.39, 0.29) is 17.7 Å². The zero-order chi connectivity index (χ0) is 22.1. The van der Waals surface area contributed by atoms with Gasteiger partial charge in [-0.3, -0.25) is 4.79 Å². The first-order valence-corrected chi connectivity index (χ1v) is 10.8. The van der Waals surface area contributed by atoms with Crippen molar-refractivity contribution in [3.8, 4) is 17.6 Å². The maximum Gasteiger partial charge on any atom is 0.262 e. The summed E-state index contributed by atoms with van der Waals surface area (Å²) in [5, 5.41) is 12.4. The molecule has 2 atom stereocenters. The molecule has 0 bridgehead atoms. The summed E-state index contributed by atoms with van der Waals surface area (Å²) in [7, 11) is 0. The van der Waals surface area contributed by atoms with Gasteiger partial charge in [0, 0.05) is 0 Å². The largest absolute Gasteiger partial charge is 0.490 e. The summed E-state index contributed by atoms with van der Waals surface area (Å²) >= 11 is 3.53. The van der Waals surface area contributed by atoms with Crippen LogP contribution in [0.15, 0.2) is 52.5 Å². The third-order valence-corrected chi connectivity index (χ3v) is 5.14. The van der Waals surface area contributed by atoms with Gasteiger partial charge in [-0.25, -0.2) is 0 Å². The smallest absolute Gasteiger partial charge is 0.262 e. The van der Waals surface area contributed by atoms with E-state index in [0.29, 0.717) is 28.1 Å². The highest BCUT2D eigenvalue weighted by molar-refractivity contribution is 9.10. The maximum atomic E-state index is 12.6. The fraction of sp³-hybridized carbons (Fsp3) is 0.333. The molecule has 30 heavy (non-hydrogen) atoms. The van der Waals surface area contributed by atoms with Crippen LogP contribution in [-0.4, -0.2) is 18.6 Å². The van der Waals surface area contributed by atoms with E-state index >= 15 is 0 Å². The molecule has 2 aromatic rings. The summed E-state index contributed by atoms with van der Waals surface area (Å²) in [4.78, 5) is 12.6. The Hall–Kier alpha value is -2.78. The number of ether oxygens (including phenoxy) is 2. The van der Waals surface area contributed by atoms with Crippen LogP contribution >= 0.6 is 15.9 Å². The van der Waals surface area contributed by atoms with E-state index in [1.807, 2.05) is 70.2 Å². The molecular formula is C24H27BrN2O3. The second-order valence-electron chi connectivity index (χ2n) is 6.88. The second kappa shape index (κ2) is 11.4. The third-order valence-electron chi connectivity index (χ3n) is 4.55. The molecule has 0 unspecified atom stereocenters. The van der Waals surface area contributed by atoms with Crippen molar-refractivity contribution in [2.24, 2.45) is 0 Å². The normalized spacial score (nSPS) is 13.1. The van der Waals surface area contributed by atoms with Crippen molar-refractivity contribution >= 4 is 27.9 Å². The highest BCUT2D eigenvalue weighted by Crippen LogP contribution is 2.38. The highest BCUT2D eigenvalue weighted by Gasteiger charge is 2.17. The van der Waals surface area contributed by atoms with Gasteiger partial charge < -0.3 is 14.8 Å². The van der Waals surface area contributed by atoms with Crippen molar-refractivity contribution < 1.29 is 14.3 Å². The molecule has 158 valence electrons. The first kappa shape index (κ1) is 23.5. The molecule has 0 radical (unpaired) electrons. The Labute approximate surface area is 186 Å². The minimum atomic E-state index is -0.428. The number of nitriles is 1. The summed E-state index contributed by atoms with van der Waals surface area (Å²) in [6, 6.07) is 15.0. The first-order chi connectivity index (χ1) is 14.4. The molecule has 0 spiro atoms. The van der Waals surface area contributed by atoms with Crippen molar-refractivity contribution in [1.29, 1.82) is 5.26 Å². The molecule has 0 aliphatic carbocycles. The lowest BCUT2D eigenvalue weighted by Gasteiger charge is -2.18. The zero-order valence-electron chi connectivity index (χ0n) is 17.7. The van der Waals surface area contributed by atoms with Gasteiger partial charge in [0.2, 0.25) is 0 Å². The Morgan fingerprint density at radius 1 is 1.23 bits per heavy atom. The molecule has 0 aromatic heterocycles. The molecule has 1 N–H and O–H groups in total. The lowest BCUT2D eigenvalue weighted by Crippen LogP contribution is -2.27. The number of benzene rings is 2. The average Bonchev–Trinajstić information content (AvgIpc) is 2.74. The van der Waals surface area contributed by atoms with Crippen LogP contribution < -0.4 is 14.8 Å². The van der Waals surface area contributed by atoms with Gasteiger partial charge in [0.25, 0.3) is 5.91 Å². The number of nitrogens with zero attached hydrogens (tertiary/aromatic N) is 1. The molecular weight excluding hydrogens is 444 g/mol. The number of hydrogen-bond donors (Lipinski definition) is 1. The van der Waals surface area contributed by atoms with E-state index in [2.05, 4.69) is 21.2 Å². The molecule has 0 fully saturated rings. The Morgan fingerprint density at radius 3 is 2.53 bits per heavy atom. The predicted octanol–water partition coefficient (Wildman–Crippen LogP) is 5.81. The minimum Gasteiger partial charge on any atom is -0.490 e. The Bertz CT molecular complexity index is 935. The lowest BCUT2D eigenvalue weighted by molar-refractivity contribution is -0.117. The molecule has 1 amide bonds. The minimum absolute atomic E-state index is 0.0164. The van der Waals surface area contributed by atoms with Crippen LogP contribution in [0, 0.1) is 11.3 Å². The van der Waals surface area contributed by atoms with E-state index < -0.39 is 5.91 Å². The monoisotopic (exact) mass is 470 g/mol. The molecule has 2 rings (SSSR count). The molecule has 6 heteroatoms. The molecule has 0 heterocycles. The quantitative estimate of drug-likeness (QED) is 0.370. The van der Waals surface area contributed by atoms with Crippen molar-refractivity contribution in [1.82, 2.24) is 5.32 Å². The van der Waals surface area contributed by atoms with Crippen LogP contribution in [0.5, 0.6) is 11.5 Å². The van der Waals surface area contributed by atoms with Crippen LogP contribution in [0.4, 0.5) is 0 Å². The van der Waals surface area contributed by atoms with Crippen molar-refractivity contribution in [2.75, 3.05) is 6.61 Å². The fourth-order valence-corrected chi connectivity index (χ4v) is 3.30. The van der Waals surface area contributed by atoms with Gasteiger partial charge in [-0.1, -0.05) is 37.3 Å². The number of amides is 1. The van der Waals surface area contributed by atoms with Crippen LogP contribution in [0.1, 0.15) is 51.3 Å². The Kier molecular flexibility index (Phi) is 8.94. The van der Waals surface area contributed by atoms with E-state index in [1.54, 1.807) is 12.1 Å². The van der Waals surface area contributed by atoms with Crippen LogP contribution in [0.25, 0.3) is 6.08 Å². The van der Waals surface area contributed by atoms with E-state index in [1.165, 1.54) is 0 Å². The third kappa shape index (κ3) is 6.36. The maximum absolute atomic E-state index is 12.6. The number of hydrogen-bond acceptors (Lipinski definition) is 4. The number of nitrogens with one attached hydrogen (secondary N) is 1. The molecule has 2 aromatic carbocycles. The SMILES string of the molecule is CCOc1cc(/C=C(/C#N)C(=O)N[C@H](C)c2ccccc2)cc(Br)c1O[C@H](C)CC. The van der Waals surface area contributed by atoms with Gasteiger partial charge in [-0.2, -0.15) is 5.26 Å². The molecule has 0 saturated carbocycles. The van der Waals surface area contributed by atoms with Crippen molar-refractivity contribution in [2.45, 2.75) is 46.3 Å². The van der Waals surface area contributed by atoms with Crippen LogP contribution in [-0.2, 0) is 4.79 Å².